The third kappa shape index (κ3) is 1.92. The number of nitrogens with zero attached hydrogens (tertiary/aromatic N) is 3. The van der Waals surface area contributed by atoms with Gasteiger partial charge in [-0.2, -0.15) is 13.2 Å². The number of alkyl halides is 3. The van der Waals surface area contributed by atoms with E-state index in [0.717, 1.165) is 38.3 Å². The first-order chi connectivity index (χ1) is 8.55. The number of aromatic nitrogens is 2. The van der Waals surface area contributed by atoms with Gasteiger partial charge < -0.3 is 10.2 Å². The fourth-order valence-electron chi connectivity index (χ4n) is 2.73. The molecule has 1 N–H and O–H groups in total. The minimum Gasteiger partial charge on any atom is -0.336 e. The number of nitrogens with one attached hydrogen (secondary N) is 1. The van der Waals surface area contributed by atoms with E-state index in [1.54, 1.807) is 0 Å². The topological polar surface area (TPSA) is 41.1 Å². The van der Waals surface area contributed by atoms with Gasteiger partial charge in [-0.3, -0.25) is 0 Å². The van der Waals surface area contributed by atoms with Crippen LogP contribution in [0.3, 0.4) is 0 Å². The fourth-order valence-corrected chi connectivity index (χ4v) is 2.73. The van der Waals surface area contributed by atoms with Gasteiger partial charge in [0.1, 0.15) is 0 Å². The summed E-state index contributed by atoms with van der Waals surface area (Å²) < 4.78 is 37.2. The van der Waals surface area contributed by atoms with E-state index in [0.29, 0.717) is 18.0 Å². The summed E-state index contributed by atoms with van der Waals surface area (Å²) in [6.07, 6.45) is -0.666. The Labute approximate surface area is 102 Å². The van der Waals surface area contributed by atoms with Crippen molar-refractivity contribution in [2.24, 2.45) is 0 Å². The quantitative estimate of drug-likeness (QED) is 0.827. The molecule has 0 aromatic carbocycles. The van der Waals surface area contributed by atoms with Crippen LogP contribution in [0, 0.1) is 0 Å². The van der Waals surface area contributed by atoms with Gasteiger partial charge in [0.15, 0.2) is 0 Å². The number of fused-ring (bicyclic) bond motifs is 1. The Morgan fingerprint density at radius 3 is 2.61 bits per heavy atom. The van der Waals surface area contributed by atoms with Crippen LogP contribution in [-0.2, 0) is 6.18 Å². The van der Waals surface area contributed by atoms with E-state index in [4.69, 9.17) is 0 Å². The van der Waals surface area contributed by atoms with Crippen LogP contribution in [0.15, 0.2) is 12.4 Å². The summed E-state index contributed by atoms with van der Waals surface area (Å²) >= 11 is 0. The minimum atomic E-state index is -4.37. The predicted octanol–water partition coefficient (Wildman–Crippen LogP) is 1.44. The van der Waals surface area contributed by atoms with Gasteiger partial charge in [0.25, 0.3) is 0 Å². The van der Waals surface area contributed by atoms with E-state index in [1.165, 1.54) is 0 Å². The minimum absolute atomic E-state index is 0.321. The summed E-state index contributed by atoms with van der Waals surface area (Å²) in [5.74, 6) is 0.402. The second-order valence-corrected chi connectivity index (χ2v) is 4.67. The van der Waals surface area contributed by atoms with Crippen molar-refractivity contribution < 1.29 is 13.2 Å². The number of hydrogen-bond acceptors (Lipinski definition) is 4. The second-order valence-electron chi connectivity index (χ2n) is 4.67. The Kier molecular flexibility index (Phi) is 2.65. The van der Waals surface area contributed by atoms with Crippen molar-refractivity contribution in [3.8, 4) is 0 Å². The highest BCUT2D eigenvalue weighted by Crippen LogP contribution is 2.31. The number of halogens is 3. The summed E-state index contributed by atoms with van der Waals surface area (Å²) in [5, 5.41) is 3.38. The monoisotopic (exact) mass is 258 g/mol. The van der Waals surface area contributed by atoms with E-state index < -0.39 is 11.7 Å². The van der Waals surface area contributed by atoms with E-state index in [2.05, 4.69) is 15.3 Å². The largest absolute Gasteiger partial charge is 0.419 e. The van der Waals surface area contributed by atoms with Crippen molar-refractivity contribution in [3.05, 3.63) is 18.0 Å². The average Bonchev–Trinajstić information content (AvgIpc) is 2.89. The van der Waals surface area contributed by atoms with Crippen LogP contribution in [0.25, 0.3) is 0 Å². The van der Waals surface area contributed by atoms with Crippen molar-refractivity contribution in [1.29, 1.82) is 0 Å². The number of anilines is 1. The Hall–Kier alpha value is -1.37. The summed E-state index contributed by atoms with van der Waals surface area (Å²) in [6, 6.07) is 0.748. The highest BCUT2D eigenvalue weighted by molar-refractivity contribution is 5.36. The highest BCUT2D eigenvalue weighted by Gasteiger charge is 2.39. The second kappa shape index (κ2) is 4.08. The zero-order chi connectivity index (χ0) is 12.8. The van der Waals surface area contributed by atoms with Crippen molar-refractivity contribution in [2.45, 2.75) is 31.1 Å². The Morgan fingerprint density at radius 2 is 1.94 bits per heavy atom. The van der Waals surface area contributed by atoms with E-state index in [9.17, 15) is 13.2 Å². The third-order valence-electron chi connectivity index (χ3n) is 3.61. The molecule has 7 heteroatoms. The van der Waals surface area contributed by atoms with E-state index in [1.807, 2.05) is 4.90 Å². The van der Waals surface area contributed by atoms with Crippen molar-refractivity contribution in [2.75, 3.05) is 18.0 Å². The first kappa shape index (κ1) is 11.7. The molecule has 2 saturated heterocycles. The lowest BCUT2D eigenvalue weighted by Gasteiger charge is -2.23. The zero-order valence-corrected chi connectivity index (χ0v) is 9.61. The molecule has 0 saturated carbocycles. The molecule has 3 heterocycles. The van der Waals surface area contributed by atoms with E-state index in [-0.39, 0.29) is 0 Å². The molecule has 4 nitrogen and oxygen atoms in total. The molecule has 0 radical (unpaired) electrons. The smallest absolute Gasteiger partial charge is 0.336 e. The van der Waals surface area contributed by atoms with Gasteiger partial charge in [-0.25, -0.2) is 9.97 Å². The Bertz CT molecular complexity index is 431. The van der Waals surface area contributed by atoms with Crippen molar-refractivity contribution in [3.63, 3.8) is 0 Å². The number of hydrogen-bond donors (Lipinski definition) is 1. The van der Waals surface area contributed by atoms with Crippen LogP contribution in [0.1, 0.15) is 18.4 Å². The number of rotatable bonds is 1. The molecule has 2 aliphatic heterocycles. The molecule has 3 rings (SSSR count). The van der Waals surface area contributed by atoms with Crippen molar-refractivity contribution >= 4 is 5.95 Å². The first-order valence-electron chi connectivity index (χ1n) is 5.95. The molecule has 0 bridgehead atoms. The van der Waals surface area contributed by atoms with E-state index >= 15 is 0 Å². The Morgan fingerprint density at radius 1 is 1.22 bits per heavy atom. The van der Waals surface area contributed by atoms with Crippen LogP contribution in [0.2, 0.25) is 0 Å². The lowest BCUT2D eigenvalue weighted by atomic mass is 10.1. The van der Waals surface area contributed by atoms with Crippen LogP contribution in [-0.4, -0.2) is 35.1 Å². The molecule has 2 aliphatic rings. The molecule has 18 heavy (non-hydrogen) atoms. The van der Waals surface area contributed by atoms with Crippen molar-refractivity contribution in [1.82, 2.24) is 15.3 Å². The molecule has 0 spiro atoms. The summed E-state index contributed by atoms with van der Waals surface area (Å²) in [4.78, 5) is 9.71. The molecule has 2 fully saturated rings. The Balaban J connectivity index is 1.81. The van der Waals surface area contributed by atoms with Crippen LogP contribution >= 0.6 is 0 Å². The molecule has 0 aliphatic carbocycles. The van der Waals surface area contributed by atoms with Gasteiger partial charge in [0, 0.05) is 31.0 Å². The maximum absolute atomic E-state index is 12.4. The molecular formula is C11H13F3N4. The first-order valence-corrected chi connectivity index (χ1v) is 5.95. The molecule has 0 unspecified atom stereocenters. The SMILES string of the molecule is FC(F)(F)c1cnc(N2CC[C@@H]3NCC[C@@H]32)nc1. The third-order valence-corrected chi connectivity index (χ3v) is 3.61. The van der Waals surface area contributed by atoms with Gasteiger partial charge in [0.05, 0.1) is 5.56 Å². The van der Waals surface area contributed by atoms with Crippen LogP contribution in [0.5, 0.6) is 0 Å². The summed E-state index contributed by atoms with van der Waals surface area (Å²) in [7, 11) is 0. The van der Waals surface area contributed by atoms with Crippen LogP contribution in [0.4, 0.5) is 19.1 Å². The fraction of sp³-hybridized carbons (Fsp3) is 0.636. The summed E-state index contributed by atoms with van der Waals surface area (Å²) in [6.45, 7) is 1.75. The van der Waals surface area contributed by atoms with Gasteiger partial charge in [-0.1, -0.05) is 0 Å². The molecule has 1 aromatic heterocycles. The van der Waals surface area contributed by atoms with Crippen LogP contribution < -0.4 is 10.2 Å². The van der Waals surface area contributed by atoms with Gasteiger partial charge in [-0.05, 0) is 19.4 Å². The molecular weight excluding hydrogens is 245 g/mol. The normalized spacial score (nSPS) is 27.6. The maximum Gasteiger partial charge on any atom is 0.419 e. The molecule has 0 amide bonds. The lowest BCUT2D eigenvalue weighted by Crippen LogP contribution is -2.35. The molecule has 2 atom stereocenters. The van der Waals surface area contributed by atoms with Gasteiger partial charge >= 0.3 is 6.18 Å². The average molecular weight is 258 g/mol. The van der Waals surface area contributed by atoms with Gasteiger partial charge in [-0.15, -0.1) is 0 Å². The maximum atomic E-state index is 12.4. The zero-order valence-electron chi connectivity index (χ0n) is 9.61. The predicted molar refractivity (Wildman–Crippen MR) is 59.2 cm³/mol. The standard InChI is InChI=1S/C11H13F3N4/c12-11(13,14)7-5-16-10(17-6-7)18-4-2-8-9(18)1-3-15-8/h5-6,8-9,15H,1-4H2/t8-,9-/m0/s1. The molecule has 98 valence electrons. The highest BCUT2D eigenvalue weighted by atomic mass is 19.4. The van der Waals surface area contributed by atoms with Gasteiger partial charge in [0.2, 0.25) is 5.95 Å². The summed E-state index contributed by atoms with van der Waals surface area (Å²) in [5.41, 5.74) is -0.799. The lowest BCUT2D eigenvalue weighted by molar-refractivity contribution is -0.138. The molecule has 1 aromatic rings.